The number of hydrogen-bond acceptors (Lipinski definition) is 3. The van der Waals surface area contributed by atoms with Crippen LogP contribution in [0.4, 0.5) is 4.79 Å². The lowest BCUT2D eigenvalue weighted by Crippen LogP contribution is -2.55. The molecule has 1 unspecified atom stereocenters. The summed E-state index contributed by atoms with van der Waals surface area (Å²) in [6.07, 6.45) is 4.12. The number of urea groups is 1. The number of likely N-dealkylation sites (tertiary alicyclic amines) is 2. The second-order valence-corrected chi connectivity index (χ2v) is 7.03. The van der Waals surface area contributed by atoms with Crippen LogP contribution in [0.2, 0.25) is 0 Å². The second-order valence-electron chi connectivity index (χ2n) is 7.03. The Morgan fingerprint density at radius 3 is 2.44 bits per heavy atom. The Morgan fingerprint density at radius 1 is 1.04 bits per heavy atom. The van der Waals surface area contributed by atoms with Crippen molar-refractivity contribution in [2.24, 2.45) is 0 Å². The van der Waals surface area contributed by atoms with E-state index in [1.165, 1.54) is 10.5 Å². The summed E-state index contributed by atoms with van der Waals surface area (Å²) < 4.78 is 0. The molecule has 0 aromatic heterocycles. The van der Waals surface area contributed by atoms with E-state index in [4.69, 9.17) is 0 Å². The molecule has 0 radical (unpaired) electrons. The molecule has 1 atom stereocenters. The van der Waals surface area contributed by atoms with Gasteiger partial charge in [0.25, 0.3) is 0 Å². The lowest BCUT2D eigenvalue weighted by molar-refractivity contribution is -0.143. The highest BCUT2D eigenvalue weighted by Gasteiger charge is 2.33. The Balaban J connectivity index is 1.46. The van der Waals surface area contributed by atoms with E-state index in [9.17, 15) is 14.7 Å². The van der Waals surface area contributed by atoms with Crippen molar-refractivity contribution in [2.45, 2.75) is 50.7 Å². The van der Waals surface area contributed by atoms with Gasteiger partial charge in [-0.2, -0.15) is 0 Å². The van der Waals surface area contributed by atoms with E-state index in [1.54, 1.807) is 0 Å². The molecule has 6 nitrogen and oxygen atoms in total. The van der Waals surface area contributed by atoms with Gasteiger partial charge in [-0.25, -0.2) is 9.59 Å². The van der Waals surface area contributed by atoms with Crippen molar-refractivity contribution in [3.63, 3.8) is 0 Å². The lowest BCUT2D eigenvalue weighted by atomic mass is 10.0. The molecule has 3 rings (SSSR count). The predicted molar refractivity (Wildman–Crippen MR) is 95.3 cm³/mol. The van der Waals surface area contributed by atoms with Gasteiger partial charge < -0.3 is 15.3 Å². The second kappa shape index (κ2) is 8.34. The monoisotopic (exact) mass is 345 g/mol. The number of nitrogens with one attached hydrogen (secondary N) is 1. The fourth-order valence-corrected chi connectivity index (χ4v) is 3.77. The van der Waals surface area contributed by atoms with Gasteiger partial charge in [-0.15, -0.1) is 0 Å². The summed E-state index contributed by atoms with van der Waals surface area (Å²) in [4.78, 5) is 27.7. The van der Waals surface area contributed by atoms with E-state index in [1.807, 2.05) is 6.07 Å². The largest absolute Gasteiger partial charge is 0.480 e. The van der Waals surface area contributed by atoms with Crippen molar-refractivity contribution in [1.29, 1.82) is 0 Å². The summed E-state index contributed by atoms with van der Waals surface area (Å²) in [5, 5.41) is 12.4. The quantitative estimate of drug-likeness (QED) is 0.878. The number of rotatable bonds is 4. The standard InChI is InChI=1S/C19H27N3O3/c23-18(24)17-8-4-5-11-22(17)19(25)20-16-9-12-21(13-10-16)14-15-6-2-1-3-7-15/h1-3,6-7,16-17H,4-5,8-14H2,(H,20,25)(H,23,24). The van der Waals surface area contributed by atoms with Gasteiger partial charge in [0.2, 0.25) is 0 Å². The average Bonchev–Trinajstić information content (AvgIpc) is 2.64. The van der Waals surface area contributed by atoms with Crippen LogP contribution in [0.3, 0.4) is 0 Å². The number of hydrogen-bond donors (Lipinski definition) is 2. The number of benzene rings is 1. The summed E-state index contributed by atoms with van der Waals surface area (Å²) in [6, 6.07) is 9.65. The number of aliphatic carboxylic acids is 1. The highest BCUT2D eigenvalue weighted by molar-refractivity contribution is 5.83. The van der Waals surface area contributed by atoms with Gasteiger partial charge in [0.05, 0.1) is 0 Å². The zero-order valence-electron chi connectivity index (χ0n) is 14.6. The normalized spacial score (nSPS) is 22.6. The van der Waals surface area contributed by atoms with Gasteiger partial charge >= 0.3 is 12.0 Å². The molecule has 2 aliphatic heterocycles. The molecule has 25 heavy (non-hydrogen) atoms. The van der Waals surface area contributed by atoms with Gasteiger partial charge in [-0.1, -0.05) is 30.3 Å². The summed E-state index contributed by atoms with van der Waals surface area (Å²) in [5.74, 6) is -0.896. The Hall–Kier alpha value is -2.08. The van der Waals surface area contributed by atoms with Gasteiger partial charge in [-0.3, -0.25) is 4.90 Å². The Morgan fingerprint density at radius 2 is 1.76 bits per heavy atom. The number of piperidine rings is 2. The van der Waals surface area contributed by atoms with Crippen molar-refractivity contribution in [1.82, 2.24) is 15.1 Å². The first-order valence-corrected chi connectivity index (χ1v) is 9.19. The van der Waals surface area contributed by atoms with Crippen LogP contribution < -0.4 is 5.32 Å². The zero-order valence-corrected chi connectivity index (χ0v) is 14.6. The molecule has 2 aliphatic rings. The Kier molecular flexibility index (Phi) is 5.91. The lowest BCUT2D eigenvalue weighted by Gasteiger charge is -2.36. The van der Waals surface area contributed by atoms with Crippen LogP contribution in [0.15, 0.2) is 30.3 Å². The number of carboxylic acid groups (broad SMARTS) is 1. The average molecular weight is 345 g/mol. The summed E-state index contributed by atoms with van der Waals surface area (Å²) in [7, 11) is 0. The minimum atomic E-state index is -0.896. The van der Waals surface area contributed by atoms with E-state index < -0.39 is 12.0 Å². The summed E-state index contributed by atoms with van der Waals surface area (Å²) >= 11 is 0. The molecular formula is C19H27N3O3. The molecule has 1 aromatic carbocycles. The first-order valence-electron chi connectivity index (χ1n) is 9.19. The highest BCUT2D eigenvalue weighted by Crippen LogP contribution is 2.19. The number of nitrogens with zero attached hydrogens (tertiary/aromatic N) is 2. The fourth-order valence-electron chi connectivity index (χ4n) is 3.77. The van der Waals surface area contributed by atoms with Crippen LogP contribution in [0.5, 0.6) is 0 Å². The van der Waals surface area contributed by atoms with Crippen molar-refractivity contribution >= 4 is 12.0 Å². The maximum absolute atomic E-state index is 12.5. The van der Waals surface area contributed by atoms with E-state index in [0.29, 0.717) is 13.0 Å². The van der Waals surface area contributed by atoms with Crippen LogP contribution in [0, 0.1) is 0 Å². The molecule has 6 heteroatoms. The fraction of sp³-hybridized carbons (Fsp3) is 0.579. The molecule has 1 aromatic rings. The number of carbonyl (C=O) groups excluding carboxylic acids is 1. The van der Waals surface area contributed by atoms with Crippen LogP contribution in [0.25, 0.3) is 0 Å². The van der Waals surface area contributed by atoms with Gasteiger partial charge in [-0.05, 0) is 37.7 Å². The molecule has 2 N–H and O–H groups in total. The molecule has 0 spiro atoms. The zero-order chi connectivity index (χ0) is 17.6. The topological polar surface area (TPSA) is 72.9 Å². The predicted octanol–water partition coefficient (Wildman–Crippen LogP) is 2.30. The van der Waals surface area contributed by atoms with Gasteiger partial charge in [0.15, 0.2) is 0 Å². The summed E-state index contributed by atoms with van der Waals surface area (Å²) in [5.41, 5.74) is 1.31. The maximum Gasteiger partial charge on any atom is 0.326 e. The minimum absolute atomic E-state index is 0.135. The van der Waals surface area contributed by atoms with Crippen molar-refractivity contribution in [3.05, 3.63) is 35.9 Å². The molecule has 0 aliphatic carbocycles. The van der Waals surface area contributed by atoms with Crippen molar-refractivity contribution in [2.75, 3.05) is 19.6 Å². The third-order valence-corrected chi connectivity index (χ3v) is 5.21. The van der Waals surface area contributed by atoms with Crippen molar-refractivity contribution < 1.29 is 14.7 Å². The maximum atomic E-state index is 12.5. The van der Waals surface area contributed by atoms with E-state index in [2.05, 4.69) is 34.5 Å². The third kappa shape index (κ3) is 4.72. The van der Waals surface area contributed by atoms with Gasteiger partial charge in [0.1, 0.15) is 6.04 Å². The molecule has 2 saturated heterocycles. The van der Waals surface area contributed by atoms with Crippen LogP contribution in [-0.2, 0) is 11.3 Å². The minimum Gasteiger partial charge on any atom is -0.480 e. The number of carbonyl (C=O) groups is 2. The molecule has 2 amide bonds. The van der Waals surface area contributed by atoms with Gasteiger partial charge in [0, 0.05) is 32.2 Å². The van der Waals surface area contributed by atoms with E-state index in [-0.39, 0.29) is 12.1 Å². The van der Waals surface area contributed by atoms with Crippen LogP contribution in [-0.4, -0.2) is 58.6 Å². The Bertz CT molecular complexity index is 585. The number of carboxylic acids is 1. The SMILES string of the molecule is O=C(O)C1CCCCN1C(=O)NC1CCN(Cc2ccccc2)CC1. The third-order valence-electron chi connectivity index (χ3n) is 5.21. The molecule has 0 saturated carbocycles. The highest BCUT2D eigenvalue weighted by atomic mass is 16.4. The molecule has 2 heterocycles. The Labute approximate surface area is 148 Å². The van der Waals surface area contributed by atoms with E-state index in [0.717, 1.165) is 45.3 Å². The molecule has 2 fully saturated rings. The summed E-state index contributed by atoms with van der Waals surface area (Å²) in [6.45, 7) is 3.37. The molecule has 136 valence electrons. The first kappa shape index (κ1) is 17.7. The van der Waals surface area contributed by atoms with E-state index >= 15 is 0 Å². The van der Waals surface area contributed by atoms with Crippen LogP contribution in [0.1, 0.15) is 37.7 Å². The van der Waals surface area contributed by atoms with Crippen molar-refractivity contribution in [3.8, 4) is 0 Å². The molecular weight excluding hydrogens is 318 g/mol. The number of amides is 2. The first-order chi connectivity index (χ1) is 12.1. The smallest absolute Gasteiger partial charge is 0.326 e. The van der Waals surface area contributed by atoms with Crippen LogP contribution >= 0.6 is 0 Å². The molecule has 0 bridgehead atoms.